The van der Waals surface area contributed by atoms with Crippen LogP contribution in [0.15, 0.2) is 12.1 Å². The molecule has 0 bridgehead atoms. The van der Waals surface area contributed by atoms with Crippen molar-refractivity contribution in [3.05, 3.63) is 21.9 Å². The van der Waals surface area contributed by atoms with E-state index in [4.69, 9.17) is 14.9 Å². The van der Waals surface area contributed by atoms with E-state index in [2.05, 4.69) is 5.32 Å². The van der Waals surface area contributed by atoms with Crippen molar-refractivity contribution in [1.29, 1.82) is 0 Å². The lowest BCUT2D eigenvalue weighted by Crippen LogP contribution is -2.19. The molecule has 1 aromatic rings. The topological polar surface area (TPSA) is 78.8 Å². The van der Waals surface area contributed by atoms with Gasteiger partial charge in [-0.25, -0.2) is 0 Å². The second-order valence-corrected chi connectivity index (χ2v) is 4.70. The molecule has 96 valence electrons. The maximum absolute atomic E-state index is 10.5. The molecule has 5 nitrogen and oxygen atoms in total. The number of aliphatic hydroxyl groups excluding tert-OH is 1. The number of hydrogen-bond acceptors (Lipinski definition) is 5. The fraction of sp³-hybridized carbons (Fsp3) is 0.545. The molecule has 0 saturated heterocycles. The summed E-state index contributed by atoms with van der Waals surface area (Å²) in [7, 11) is 0. The van der Waals surface area contributed by atoms with Gasteiger partial charge in [0.05, 0.1) is 26.2 Å². The van der Waals surface area contributed by atoms with E-state index in [1.807, 2.05) is 12.1 Å². The number of rotatable bonds is 9. The average Bonchev–Trinajstić information content (AvgIpc) is 2.70. The number of aliphatic hydroxyl groups is 1. The van der Waals surface area contributed by atoms with E-state index in [-0.39, 0.29) is 13.0 Å². The first-order valence-corrected chi connectivity index (χ1v) is 6.22. The Labute approximate surface area is 104 Å². The van der Waals surface area contributed by atoms with Gasteiger partial charge < -0.3 is 20.3 Å². The number of hydrogen-bond donors (Lipinski definition) is 3. The van der Waals surface area contributed by atoms with Crippen molar-refractivity contribution in [3.8, 4) is 0 Å². The Kier molecular flexibility index (Phi) is 6.80. The number of carbonyl (C=O) groups is 1. The number of thiophene rings is 1. The first-order valence-electron chi connectivity index (χ1n) is 5.41. The van der Waals surface area contributed by atoms with Crippen LogP contribution in [0.25, 0.3) is 0 Å². The third-order valence-corrected chi connectivity index (χ3v) is 3.09. The molecule has 0 fully saturated rings. The van der Waals surface area contributed by atoms with Gasteiger partial charge in [0.25, 0.3) is 0 Å². The molecular formula is C11H17NO4S. The molecule has 0 aliphatic rings. The molecule has 1 rings (SSSR count). The maximum atomic E-state index is 10.5. The predicted octanol–water partition coefficient (Wildman–Crippen LogP) is 0.474. The van der Waals surface area contributed by atoms with Crippen LogP contribution in [-0.2, 0) is 22.5 Å². The molecule has 0 amide bonds. The molecule has 1 aromatic heterocycles. The molecule has 0 radical (unpaired) electrons. The Balaban J connectivity index is 2.14. The van der Waals surface area contributed by atoms with Crippen molar-refractivity contribution in [2.75, 3.05) is 26.4 Å². The number of aliphatic carboxylic acids is 1. The second kappa shape index (κ2) is 8.19. The van der Waals surface area contributed by atoms with Gasteiger partial charge in [0, 0.05) is 22.8 Å². The van der Waals surface area contributed by atoms with E-state index >= 15 is 0 Å². The van der Waals surface area contributed by atoms with Crippen molar-refractivity contribution in [2.45, 2.75) is 13.0 Å². The van der Waals surface area contributed by atoms with Gasteiger partial charge in [-0.05, 0) is 12.1 Å². The fourth-order valence-corrected chi connectivity index (χ4v) is 2.26. The molecule has 1 heterocycles. The lowest BCUT2D eigenvalue weighted by molar-refractivity contribution is -0.136. The zero-order valence-electron chi connectivity index (χ0n) is 9.52. The fourth-order valence-electron chi connectivity index (χ4n) is 1.28. The van der Waals surface area contributed by atoms with E-state index in [9.17, 15) is 4.79 Å². The van der Waals surface area contributed by atoms with Crippen LogP contribution in [0.1, 0.15) is 9.75 Å². The van der Waals surface area contributed by atoms with Gasteiger partial charge in [-0.3, -0.25) is 4.79 Å². The molecule has 0 atom stereocenters. The van der Waals surface area contributed by atoms with Crippen LogP contribution < -0.4 is 5.32 Å². The van der Waals surface area contributed by atoms with Crippen LogP contribution in [-0.4, -0.2) is 42.5 Å². The van der Waals surface area contributed by atoms with E-state index in [0.717, 1.165) is 9.75 Å². The minimum atomic E-state index is -0.802. The monoisotopic (exact) mass is 259 g/mol. The van der Waals surface area contributed by atoms with Crippen molar-refractivity contribution in [1.82, 2.24) is 5.32 Å². The van der Waals surface area contributed by atoms with E-state index in [1.165, 1.54) is 11.3 Å². The third-order valence-electron chi connectivity index (χ3n) is 2.00. The summed E-state index contributed by atoms with van der Waals surface area (Å²) < 4.78 is 5.09. The Bertz CT molecular complexity index is 340. The third kappa shape index (κ3) is 6.38. The highest BCUT2D eigenvalue weighted by atomic mass is 32.1. The highest BCUT2D eigenvalue weighted by Crippen LogP contribution is 2.16. The largest absolute Gasteiger partial charge is 0.481 e. The van der Waals surface area contributed by atoms with Gasteiger partial charge in [0.2, 0.25) is 0 Å². The summed E-state index contributed by atoms with van der Waals surface area (Å²) in [5, 5.41) is 20.3. The Morgan fingerprint density at radius 2 is 2.12 bits per heavy atom. The lowest BCUT2D eigenvalue weighted by atomic mass is 10.3. The van der Waals surface area contributed by atoms with E-state index in [1.54, 1.807) is 0 Å². The zero-order chi connectivity index (χ0) is 12.5. The minimum absolute atomic E-state index is 0.0451. The number of nitrogens with one attached hydrogen (secondary N) is 1. The summed E-state index contributed by atoms with van der Waals surface area (Å²) in [6.45, 7) is 2.40. The molecule has 0 saturated carbocycles. The summed E-state index contributed by atoms with van der Waals surface area (Å²) in [4.78, 5) is 12.5. The smallest absolute Gasteiger partial charge is 0.308 e. The van der Waals surface area contributed by atoms with Gasteiger partial charge in [0.1, 0.15) is 0 Å². The van der Waals surface area contributed by atoms with E-state index in [0.29, 0.717) is 26.3 Å². The normalized spacial score (nSPS) is 10.6. The highest BCUT2D eigenvalue weighted by Gasteiger charge is 2.04. The highest BCUT2D eigenvalue weighted by molar-refractivity contribution is 7.12. The summed E-state index contributed by atoms with van der Waals surface area (Å²) in [6.07, 6.45) is 0.0876. The van der Waals surface area contributed by atoms with Crippen molar-refractivity contribution in [3.63, 3.8) is 0 Å². The van der Waals surface area contributed by atoms with Crippen molar-refractivity contribution < 1.29 is 19.7 Å². The van der Waals surface area contributed by atoms with Crippen molar-refractivity contribution >= 4 is 17.3 Å². The van der Waals surface area contributed by atoms with Crippen LogP contribution >= 0.6 is 11.3 Å². The Morgan fingerprint density at radius 3 is 2.82 bits per heavy atom. The molecule has 0 spiro atoms. The van der Waals surface area contributed by atoms with Gasteiger partial charge in [0.15, 0.2) is 0 Å². The molecule has 0 unspecified atom stereocenters. The average molecular weight is 259 g/mol. The Hall–Kier alpha value is -0.950. The first-order chi connectivity index (χ1) is 8.22. The molecular weight excluding hydrogens is 242 g/mol. The Morgan fingerprint density at radius 1 is 1.35 bits per heavy atom. The summed E-state index contributed by atoms with van der Waals surface area (Å²) in [5.41, 5.74) is 0. The van der Waals surface area contributed by atoms with Crippen LogP contribution in [0.2, 0.25) is 0 Å². The van der Waals surface area contributed by atoms with Gasteiger partial charge >= 0.3 is 5.97 Å². The SMILES string of the molecule is O=C(O)Cc1ccc(CNCCOCCO)s1. The van der Waals surface area contributed by atoms with Crippen LogP contribution in [0.5, 0.6) is 0 Å². The standard InChI is InChI=1S/C11H17NO4S/c13-4-6-16-5-3-12-8-10-2-1-9(17-10)7-11(14)15/h1-2,12-13H,3-8H2,(H,14,15). The zero-order valence-corrected chi connectivity index (χ0v) is 10.3. The number of carboxylic acids is 1. The lowest BCUT2D eigenvalue weighted by Gasteiger charge is -2.03. The second-order valence-electron chi connectivity index (χ2n) is 3.45. The quantitative estimate of drug-likeness (QED) is 0.562. The predicted molar refractivity (Wildman–Crippen MR) is 65.3 cm³/mol. The molecule has 3 N–H and O–H groups in total. The molecule has 6 heteroatoms. The van der Waals surface area contributed by atoms with Gasteiger partial charge in [-0.1, -0.05) is 0 Å². The first kappa shape index (κ1) is 14.1. The molecule has 17 heavy (non-hydrogen) atoms. The van der Waals surface area contributed by atoms with Crippen LogP contribution in [0.4, 0.5) is 0 Å². The number of ether oxygens (including phenoxy) is 1. The van der Waals surface area contributed by atoms with Crippen LogP contribution in [0.3, 0.4) is 0 Å². The van der Waals surface area contributed by atoms with E-state index < -0.39 is 5.97 Å². The summed E-state index contributed by atoms with van der Waals surface area (Å²) in [5.74, 6) is -0.802. The van der Waals surface area contributed by atoms with Gasteiger partial charge in [-0.2, -0.15) is 0 Å². The van der Waals surface area contributed by atoms with Gasteiger partial charge in [-0.15, -0.1) is 11.3 Å². The molecule has 0 aliphatic heterocycles. The summed E-state index contributed by atoms with van der Waals surface area (Å²) in [6, 6.07) is 3.78. The minimum Gasteiger partial charge on any atom is -0.481 e. The molecule has 0 aromatic carbocycles. The van der Waals surface area contributed by atoms with Crippen molar-refractivity contribution in [2.24, 2.45) is 0 Å². The summed E-state index contributed by atoms with van der Waals surface area (Å²) >= 11 is 1.51. The van der Waals surface area contributed by atoms with Crippen LogP contribution in [0, 0.1) is 0 Å². The maximum Gasteiger partial charge on any atom is 0.308 e. The number of carboxylic acid groups (broad SMARTS) is 1. The molecule has 0 aliphatic carbocycles.